The largest absolute Gasteiger partial charge is 0.133 e. The van der Waals surface area contributed by atoms with Gasteiger partial charge < -0.3 is 0 Å². The van der Waals surface area contributed by atoms with E-state index in [0.717, 1.165) is 0 Å². The molecule has 0 radical (unpaired) electrons. The van der Waals surface area contributed by atoms with Gasteiger partial charge in [-0.1, -0.05) is 26.7 Å². The fourth-order valence-corrected chi connectivity index (χ4v) is 4.60. The second-order valence-electron chi connectivity index (χ2n) is 2.82. The summed E-state index contributed by atoms with van der Waals surface area (Å²) >= 11 is 4.33. The van der Waals surface area contributed by atoms with Crippen LogP contribution in [0.2, 0.25) is 0 Å². The van der Waals surface area contributed by atoms with Crippen molar-refractivity contribution in [1.29, 1.82) is 0 Å². The van der Waals surface area contributed by atoms with Crippen molar-refractivity contribution in [2.45, 2.75) is 43.6 Å². The van der Waals surface area contributed by atoms with Gasteiger partial charge in [0.25, 0.3) is 0 Å². The van der Waals surface area contributed by atoms with Gasteiger partial charge in [0.15, 0.2) is 0 Å². The summed E-state index contributed by atoms with van der Waals surface area (Å²) < 4.78 is 0.656. The summed E-state index contributed by atoms with van der Waals surface area (Å²) in [5.41, 5.74) is 0. The van der Waals surface area contributed by atoms with E-state index >= 15 is 0 Å². The molecule has 10 heavy (non-hydrogen) atoms. The molecule has 0 aromatic rings. The van der Waals surface area contributed by atoms with E-state index in [0.29, 0.717) is 4.08 Å². The fourth-order valence-electron chi connectivity index (χ4n) is 1.40. The lowest BCUT2D eigenvalue weighted by molar-refractivity contribution is 0.629. The molecule has 60 valence electrons. The summed E-state index contributed by atoms with van der Waals surface area (Å²) in [6.45, 7) is 4.58. The third-order valence-corrected chi connectivity index (χ3v) is 5.42. The Kier molecular flexibility index (Phi) is 3.44. The molecule has 0 nitrogen and oxygen atoms in total. The van der Waals surface area contributed by atoms with Crippen LogP contribution in [0.5, 0.6) is 0 Å². The first-order valence-corrected chi connectivity index (χ1v) is 6.08. The van der Waals surface area contributed by atoms with Crippen LogP contribution in [-0.4, -0.2) is 9.16 Å². The van der Waals surface area contributed by atoms with Crippen molar-refractivity contribution in [2.75, 3.05) is 5.08 Å². The van der Waals surface area contributed by atoms with Gasteiger partial charge >= 0.3 is 0 Å². The van der Waals surface area contributed by atoms with Crippen LogP contribution in [0.15, 0.2) is 0 Å². The minimum absolute atomic E-state index is 0.656. The predicted octanol–water partition coefficient (Wildman–Crippen LogP) is 3.72. The zero-order valence-electron chi connectivity index (χ0n) is 6.85. The lowest BCUT2D eigenvalue weighted by Gasteiger charge is -2.40. The van der Waals surface area contributed by atoms with Crippen LogP contribution >= 0.6 is 23.5 Å². The average molecular weight is 176 g/mol. The highest BCUT2D eigenvalue weighted by Gasteiger charge is 2.36. The van der Waals surface area contributed by atoms with Gasteiger partial charge in [0.1, 0.15) is 0 Å². The third kappa shape index (κ3) is 1.85. The SMILES string of the molecule is CCCC1(CCC)SCS1. The monoisotopic (exact) mass is 176 g/mol. The van der Waals surface area contributed by atoms with Crippen LogP contribution in [-0.2, 0) is 0 Å². The third-order valence-electron chi connectivity index (χ3n) is 1.91. The summed E-state index contributed by atoms with van der Waals surface area (Å²) in [5.74, 6) is 0. The van der Waals surface area contributed by atoms with Gasteiger partial charge in [-0.3, -0.25) is 0 Å². The predicted molar refractivity (Wildman–Crippen MR) is 52.6 cm³/mol. The van der Waals surface area contributed by atoms with Gasteiger partial charge in [-0.05, 0) is 12.8 Å². The normalized spacial score (nSPS) is 22.2. The van der Waals surface area contributed by atoms with Crippen LogP contribution in [0.3, 0.4) is 0 Å². The van der Waals surface area contributed by atoms with E-state index in [9.17, 15) is 0 Å². The Labute approximate surface area is 72.5 Å². The molecule has 0 N–H and O–H groups in total. The number of rotatable bonds is 4. The van der Waals surface area contributed by atoms with Gasteiger partial charge in [-0.25, -0.2) is 0 Å². The van der Waals surface area contributed by atoms with Crippen molar-refractivity contribution in [2.24, 2.45) is 0 Å². The molecular formula is C8H16S2. The standard InChI is InChI=1S/C8H16S2/c1-3-5-8(6-4-2)9-7-10-8/h3-7H2,1-2H3. The second kappa shape index (κ2) is 3.91. The first-order valence-electron chi connectivity index (χ1n) is 4.11. The van der Waals surface area contributed by atoms with Gasteiger partial charge in [0.2, 0.25) is 0 Å². The minimum Gasteiger partial charge on any atom is -0.133 e. The Hall–Kier alpha value is 0.700. The van der Waals surface area contributed by atoms with Crippen molar-refractivity contribution < 1.29 is 0 Å². The molecule has 0 unspecified atom stereocenters. The Bertz CT molecular complexity index is 89.4. The number of hydrogen-bond donors (Lipinski definition) is 0. The number of thioether (sulfide) groups is 2. The van der Waals surface area contributed by atoms with Gasteiger partial charge in [0, 0.05) is 5.08 Å². The quantitative estimate of drug-likeness (QED) is 0.640. The summed E-state index contributed by atoms with van der Waals surface area (Å²) in [6, 6.07) is 0. The molecule has 1 saturated heterocycles. The first kappa shape index (κ1) is 8.79. The van der Waals surface area contributed by atoms with Crippen LogP contribution in [0.1, 0.15) is 39.5 Å². The van der Waals surface area contributed by atoms with Crippen LogP contribution < -0.4 is 0 Å². The van der Waals surface area contributed by atoms with Crippen molar-refractivity contribution >= 4 is 23.5 Å². The maximum Gasteiger partial charge on any atom is 0.0627 e. The molecule has 1 rings (SSSR count). The van der Waals surface area contributed by atoms with Crippen molar-refractivity contribution in [1.82, 2.24) is 0 Å². The molecule has 0 spiro atoms. The lowest BCUT2D eigenvalue weighted by atomic mass is 10.1. The van der Waals surface area contributed by atoms with Crippen molar-refractivity contribution in [3.63, 3.8) is 0 Å². The highest BCUT2D eigenvalue weighted by atomic mass is 32.3. The van der Waals surface area contributed by atoms with Crippen molar-refractivity contribution in [3.8, 4) is 0 Å². The highest BCUT2D eigenvalue weighted by molar-refractivity contribution is 8.33. The zero-order valence-corrected chi connectivity index (χ0v) is 8.49. The molecule has 0 aromatic heterocycles. The average Bonchev–Trinajstić information content (AvgIpc) is 1.84. The summed E-state index contributed by atoms with van der Waals surface area (Å²) in [4.78, 5) is 0. The van der Waals surface area contributed by atoms with Crippen LogP contribution in [0, 0.1) is 0 Å². The Morgan fingerprint density at radius 1 is 1.10 bits per heavy atom. The van der Waals surface area contributed by atoms with E-state index in [1.807, 2.05) is 0 Å². The first-order chi connectivity index (χ1) is 4.83. The lowest BCUT2D eigenvalue weighted by Crippen LogP contribution is -2.27. The van der Waals surface area contributed by atoms with E-state index in [1.165, 1.54) is 30.8 Å². The van der Waals surface area contributed by atoms with Crippen molar-refractivity contribution in [3.05, 3.63) is 0 Å². The molecule has 0 saturated carbocycles. The molecule has 2 heteroatoms. The zero-order chi connectivity index (χ0) is 7.45. The fraction of sp³-hybridized carbons (Fsp3) is 1.00. The molecule has 1 fully saturated rings. The Morgan fingerprint density at radius 2 is 1.60 bits per heavy atom. The van der Waals surface area contributed by atoms with Crippen LogP contribution in [0.25, 0.3) is 0 Å². The summed E-state index contributed by atoms with van der Waals surface area (Å²) in [5, 5.41) is 1.33. The topological polar surface area (TPSA) is 0 Å². The maximum absolute atomic E-state index is 2.29. The van der Waals surface area contributed by atoms with Gasteiger partial charge in [0.05, 0.1) is 4.08 Å². The molecule has 1 aliphatic heterocycles. The minimum atomic E-state index is 0.656. The van der Waals surface area contributed by atoms with E-state index < -0.39 is 0 Å². The van der Waals surface area contributed by atoms with E-state index in [4.69, 9.17) is 0 Å². The Balaban J connectivity index is 2.27. The number of hydrogen-bond acceptors (Lipinski definition) is 2. The van der Waals surface area contributed by atoms with E-state index in [1.54, 1.807) is 0 Å². The molecular weight excluding hydrogens is 160 g/mol. The molecule has 1 aliphatic rings. The summed E-state index contributed by atoms with van der Waals surface area (Å²) in [7, 11) is 0. The van der Waals surface area contributed by atoms with E-state index in [-0.39, 0.29) is 0 Å². The Morgan fingerprint density at radius 3 is 1.80 bits per heavy atom. The smallest absolute Gasteiger partial charge is 0.0627 e. The maximum atomic E-state index is 2.29. The molecule has 0 aliphatic carbocycles. The molecule has 0 aromatic carbocycles. The second-order valence-corrected chi connectivity index (χ2v) is 6.16. The highest BCUT2D eigenvalue weighted by Crippen LogP contribution is 2.55. The molecule has 1 heterocycles. The van der Waals surface area contributed by atoms with Gasteiger partial charge in [-0.15, -0.1) is 23.5 Å². The molecule has 0 amide bonds. The van der Waals surface area contributed by atoms with Crippen LogP contribution in [0.4, 0.5) is 0 Å². The molecule has 0 bridgehead atoms. The van der Waals surface area contributed by atoms with E-state index in [2.05, 4.69) is 37.4 Å². The summed E-state index contributed by atoms with van der Waals surface area (Å²) in [6.07, 6.45) is 5.52. The molecule has 0 atom stereocenters. The van der Waals surface area contributed by atoms with Gasteiger partial charge in [-0.2, -0.15) is 0 Å².